The number of hydroxylamine groups is 2. The summed E-state index contributed by atoms with van der Waals surface area (Å²) in [5.74, 6) is -0.115. The van der Waals surface area contributed by atoms with Gasteiger partial charge in [0.25, 0.3) is 0 Å². The molecule has 7 heteroatoms. The van der Waals surface area contributed by atoms with Crippen LogP contribution in [0.2, 0.25) is 0 Å². The summed E-state index contributed by atoms with van der Waals surface area (Å²) in [5.41, 5.74) is 3.90. The van der Waals surface area contributed by atoms with Crippen molar-refractivity contribution in [3.63, 3.8) is 0 Å². The van der Waals surface area contributed by atoms with Gasteiger partial charge in [0.2, 0.25) is 11.8 Å². The number of carbonyl (C=O) groups is 2. The van der Waals surface area contributed by atoms with Crippen molar-refractivity contribution in [3.8, 4) is 11.3 Å². The minimum Gasteiger partial charge on any atom is -0.355 e. The lowest BCUT2D eigenvalue weighted by Crippen LogP contribution is -2.44. The summed E-state index contributed by atoms with van der Waals surface area (Å²) in [6.45, 7) is 3.44. The SMILES string of the molecule is O=C(Nc1cccc(-c2cc3ccccc3[nH]2)c1)[C@@H]1CCCN(C(=O)CCN2CCCO2)C1. The van der Waals surface area contributed by atoms with E-state index in [1.165, 1.54) is 0 Å². The van der Waals surface area contributed by atoms with Gasteiger partial charge in [0.15, 0.2) is 0 Å². The minimum absolute atomic E-state index is 0.0239. The number of rotatable bonds is 6. The molecule has 0 radical (unpaired) electrons. The number of H-pyrrole nitrogens is 1. The van der Waals surface area contributed by atoms with Crippen LogP contribution < -0.4 is 5.32 Å². The first-order chi connectivity index (χ1) is 16.2. The van der Waals surface area contributed by atoms with Crippen LogP contribution in [0.15, 0.2) is 54.6 Å². The molecule has 0 saturated carbocycles. The van der Waals surface area contributed by atoms with Crippen molar-refractivity contribution in [3.05, 3.63) is 54.6 Å². The van der Waals surface area contributed by atoms with Crippen molar-refractivity contribution in [1.29, 1.82) is 0 Å². The first-order valence-corrected chi connectivity index (χ1v) is 11.8. The summed E-state index contributed by atoms with van der Waals surface area (Å²) in [5, 5.41) is 6.10. The zero-order valence-corrected chi connectivity index (χ0v) is 18.8. The Morgan fingerprint density at radius 2 is 1.97 bits per heavy atom. The number of likely N-dealkylation sites (tertiary alicyclic amines) is 1. The average molecular weight is 447 g/mol. The fraction of sp³-hybridized carbons (Fsp3) is 0.385. The number of para-hydroxylation sites is 1. The fourth-order valence-electron chi connectivity index (χ4n) is 4.71. The van der Waals surface area contributed by atoms with E-state index in [9.17, 15) is 9.59 Å². The summed E-state index contributed by atoms with van der Waals surface area (Å²) < 4.78 is 0. The van der Waals surface area contributed by atoms with Gasteiger partial charge in [0.1, 0.15) is 0 Å². The quantitative estimate of drug-likeness (QED) is 0.599. The van der Waals surface area contributed by atoms with E-state index in [1.807, 2.05) is 46.4 Å². The number of fused-ring (bicyclic) bond motifs is 1. The van der Waals surface area contributed by atoms with Crippen LogP contribution in [0.3, 0.4) is 0 Å². The van der Waals surface area contributed by atoms with Gasteiger partial charge >= 0.3 is 0 Å². The maximum atomic E-state index is 13.0. The van der Waals surface area contributed by atoms with Crippen molar-refractivity contribution in [1.82, 2.24) is 14.9 Å². The Balaban J connectivity index is 1.20. The molecule has 2 amide bonds. The highest BCUT2D eigenvalue weighted by molar-refractivity contribution is 5.94. The van der Waals surface area contributed by atoms with Gasteiger partial charge in [-0.2, -0.15) is 5.06 Å². The van der Waals surface area contributed by atoms with E-state index < -0.39 is 0 Å². The van der Waals surface area contributed by atoms with Crippen LogP contribution >= 0.6 is 0 Å². The molecule has 7 nitrogen and oxygen atoms in total. The van der Waals surface area contributed by atoms with Gasteiger partial charge in [0, 0.05) is 60.4 Å². The lowest BCUT2D eigenvalue weighted by molar-refractivity contribution is -0.141. The van der Waals surface area contributed by atoms with E-state index in [1.54, 1.807) is 0 Å². The molecule has 3 aromatic rings. The number of carbonyl (C=O) groups excluding carboxylic acids is 2. The summed E-state index contributed by atoms with van der Waals surface area (Å²) >= 11 is 0. The summed E-state index contributed by atoms with van der Waals surface area (Å²) in [6.07, 6.45) is 3.09. The second kappa shape index (κ2) is 9.77. The van der Waals surface area contributed by atoms with Crippen molar-refractivity contribution in [2.45, 2.75) is 25.7 Å². The number of aromatic nitrogens is 1. The molecule has 1 aromatic heterocycles. The van der Waals surface area contributed by atoms with Crippen molar-refractivity contribution in [2.24, 2.45) is 5.92 Å². The van der Waals surface area contributed by atoms with E-state index in [0.29, 0.717) is 19.5 Å². The van der Waals surface area contributed by atoms with Crippen molar-refractivity contribution in [2.75, 3.05) is 38.1 Å². The first kappa shape index (κ1) is 21.7. The predicted octanol–water partition coefficient (Wildman–Crippen LogP) is 4.04. The Kier molecular flexibility index (Phi) is 6.41. The lowest BCUT2D eigenvalue weighted by Gasteiger charge is -2.32. The van der Waals surface area contributed by atoms with E-state index in [4.69, 9.17) is 4.84 Å². The summed E-state index contributed by atoms with van der Waals surface area (Å²) in [7, 11) is 0. The number of nitrogens with zero attached hydrogens (tertiary/aromatic N) is 2. The van der Waals surface area contributed by atoms with Crippen LogP contribution in [0.4, 0.5) is 5.69 Å². The molecule has 2 saturated heterocycles. The topological polar surface area (TPSA) is 77.7 Å². The van der Waals surface area contributed by atoms with Gasteiger partial charge in [-0.3, -0.25) is 14.4 Å². The van der Waals surface area contributed by atoms with Crippen molar-refractivity contribution < 1.29 is 14.4 Å². The van der Waals surface area contributed by atoms with E-state index in [0.717, 1.165) is 66.8 Å². The van der Waals surface area contributed by atoms with E-state index in [2.05, 4.69) is 28.5 Å². The minimum atomic E-state index is -0.192. The number of nitrogens with one attached hydrogen (secondary N) is 2. The molecule has 2 fully saturated rings. The number of hydrogen-bond donors (Lipinski definition) is 2. The van der Waals surface area contributed by atoms with Gasteiger partial charge in [-0.05, 0) is 43.5 Å². The fourth-order valence-corrected chi connectivity index (χ4v) is 4.71. The van der Waals surface area contributed by atoms with Crippen LogP contribution in [-0.2, 0) is 14.4 Å². The van der Waals surface area contributed by atoms with Gasteiger partial charge in [-0.15, -0.1) is 0 Å². The van der Waals surface area contributed by atoms with Crippen LogP contribution in [0.25, 0.3) is 22.2 Å². The Hall–Kier alpha value is -3.16. The molecular weight excluding hydrogens is 416 g/mol. The second-order valence-corrected chi connectivity index (χ2v) is 8.89. The predicted molar refractivity (Wildman–Crippen MR) is 128 cm³/mol. The zero-order valence-electron chi connectivity index (χ0n) is 18.8. The molecule has 2 aromatic carbocycles. The first-order valence-electron chi connectivity index (χ1n) is 11.8. The Morgan fingerprint density at radius 3 is 2.82 bits per heavy atom. The Labute approximate surface area is 193 Å². The van der Waals surface area contributed by atoms with Gasteiger partial charge < -0.3 is 15.2 Å². The molecule has 172 valence electrons. The number of benzene rings is 2. The lowest BCUT2D eigenvalue weighted by atomic mass is 9.96. The highest BCUT2D eigenvalue weighted by atomic mass is 16.7. The molecule has 2 aliphatic heterocycles. The van der Waals surface area contributed by atoms with Crippen LogP contribution in [-0.4, -0.2) is 59.5 Å². The Bertz CT molecular complexity index is 1100. The molecule has 33 heavy (non-hydrogen) atoms. The molecule has 0 bridgehead atoms. The third-order valence-electron chi connectivity index (χ3n) is 6.52. The van der Waals surface area contributed by atoms with Gasteiger partial charge in [-0.1, -0.05) is 30.3 Å². The molecule has 0 aliphatic carbocycles. The number of amides is 2. The Morgan fingerprint density at radius 1 is 1.06 bits per heavy atom. The van der Waals surface area contributed by atoms with Gasteiger partial charge in [-0.25, -0.2) is 0 Å². The van der Waals surface area contributed by atoms with Crippen LogP contribution in [0, 0.1) is 5.92 Å². The zero-order chi connectivity index (χ0) is 22.6. The third-order valence-corrected chi connectivity index (χ3v) is 6.52. The smallest absolute Gasteiger partial charge is 0.229 e. The van der Waals surface area contributed by atoms with E-state index >= 15 is 0 Å². The normalized spacial score (nSPS) is 19.2. The maximum absolute atomic E-state index is 13.0. The second-order valence-electron chi connectivity index (χ2n) is 8.89. The summed E-state index contributed by atoms with van der Waals surface area (Å²) in [6, 6.07) is 18.2. The molecule has 3 heterocycles. The molecular formula is C26H30N4O3. The molecule has 2 aliphatic rings. The number of hydrogen-bond acceptors (Lipinski definition) is 4. The molecule has 0 spiro atoms. The van der Waals surface area contributed by atoms with E-state index in [-0.39, 0.29) is 17.7 Å². The van der Waals surface area contributed by atoms with Gasteiger partial charge in [0.05, 0.1) is 12.5 Å². The highest BCUT2D eigenvalue weighted by Crippen LogP contribution is 2.27. The molecule has 2 N–H and O–H groups in total. The number of aromatic amines is 1. The number of piperidine rings is 1. The monoisotopic (exact) mass is 446 g/mol. The van der Waals surface area contributed by atoms with Crippen LogP contribution in [0.1, 0.15) is 25.7 Å². The largest absolute Gasteiger partial charge is 0.355 e. The standard InChI is InChI=1S/C26H30N4O3/c31-25(11-14-30-13-5-15-33-30)29-12-4-8-21(18-29)26(32)27-22-9-3-7-19(16-22)24-17-20-6-1-2-10-23(20)28-24/h1-3,6-7,9-10,16-17,21,28H,4-5,8,11-15,18H2,(H,27,32)/t21-/m1/s1. The van der Waals surface area contributed by atoms with Crippen molar-refractivity contribution >= 4 is 28.4 Å². The highest BCUT2D eigenvalue weighted by Gasteiger charge is 2.29. The average Bonchev–Trinajstić information content (AvgIpc) is 3.53. The molecule has 1 atom stereocenters. The van der Waals surface area contributed by atoms with Crippen LogP contribution in [0.5, 0.6) is 0 Å². The third kappa shape index (κ3) is 5.10. The number of anilines is 1. The molecule has 0 unspecified atom stereocenters. The maximum Gasteiger partial charge on any atom is 0.229 e. The summed E-state index contributed by atoms with van der Waals surface area (Å²) in [4.78, 5) is 36.4. The molecule has 5 rings (SSSR count).